The molecule has 27 heavy (non-hydrogen) atoms. The quantitative estimate of drug-likeness (QED) is 0.184. The predicted octanol–water partition coefficient (Wildman–Crippen LogP) is -0.0421. The van der Waals surface area contributed by atoms with Crippen molar-refractivity contribution in [2.45, 2.75) is 58.9 Å². The third-order valence-electron chi connectivity index (χ3n) is 3.38. The van der Waals surface area contributed by atoms with Crippen LogP contribution in [0.2, 0.25) is 0 Å². The van der Waals surface area contributed by atoms with Crippen molar-refractivity contribution in [1.29, 1.82) is 0 Å². The minimum atomic E-state index is -0.461. The number of nitrogens with zero attached hydrogens (tertiary/aromatic N) is 2. The Morgan fingerprint density at radius 1 is 1.22 bits per heavy atom. The van der Waals surface area contributed by atoms with Gasteiger partial charge in [0.05, 0.1) is 6.04 Å². The Hall–Kier alpha value is -2.49. The van der Waals surface area contributed by atoms with Crippen molar-refractivity contribution in [3.63, 3.8) is 0 Å². The van der Waals surface area contributed by atoms with Gasteiger partial charge in [-0.15, -0.1) is 5.06 Å². The van der Waals surface area contributed by atoms with Crippen LogP contribution in [-0.4, -0.2) is 66.7 Å². The van der Waals surface area contributed by atoms with Gasteiger partial charge in [0.15, 0.2) is 0 Å². The first-order chi connectivity index (χ1) is 12.7. The zero-order chi connectivity index (χ0) is 21.4. The fraction of sp³-hybridized carbons (Fsp3) is 0.706. The number of carbonyl (C=O) groups is 5. The number of hydrogen-bond donors (Lipinski definition) is 2. The summed E-state index contributed by atoms with van der Waals surface area (Å²) in [6.45, 7) is 6.21. The van der Waals surface area contributed by atoms with E-state index < -0.39 is 11.8 Å². The van der Waals surface area contributed by atoms with Crippen LogP contribution in [0.25, 0.3) is 0 Å². The molecule has 0 aliphatic carbocycles. The molecule has 1 unspecified atom stereocenters. The van der Waals surface area contributed by atoms with Crippen molar-refractivity contribution in [2.75, 3.05) is 20.6 Å². The largest absolute Gasteiger partial charge is 0.368 e. The van der Waals surface area contributed by atoms with E-state index in [1.165, 1.54) is 6.92 Å². The predicted molar refractivity (Wildman–Crippen MR) is 98.8 cm³/mol. The number of likely N-dealkylation sites (N-methyl/N-ethyl adjacent to an activating group) is 1. The van der Waals surface area contributed by atoms with E-state index in [4.69, 9.17) is 5.73 Å². The first-order valence-electron chi connectivity index (χ1n) is 8.87. The second kappa shape index (κ2) is 15.7. The number of nitrogens with one attached hydrogen (secondary N) is 1. The number of rotatable bonds is 9. The molecule has 1 heterocycles. The highest BCUT2D eigenvalue weighted by atomic mass is 16.8. The molecule has 0 saturated carbocycles. The average Bonchev–Trinajstić information content (AvgIpc) is 2.92. The van der Waals surface area contributed by atoms with Crippen LogP contribution in [0.1, 0.15) is 52.9 Å². The van der Waals surface area contributed by atoms with E-state index in [2.05, 4.69) is 10.2 Å². The molecular formula is C17H32N4O6. The number of imide groups is 1. The summed E-state index contributed by atoms with van der Waals surface area (Å²) in [5, 5.41) is 3.19. The minimum Gasteiger partial charge on any atom is -0.368 e. The minimum absolute atomic E-state index is 0.0194. The van der Waals surface area contributed by atoms with Crippen molar-refractivity contribution >= 4 is 30.1 Å². The van der Waals surface area contributed by atoms with Crippen molar-refractivity contribution in [3.8, 4) is 0 Å². The Bertz CT molecular complexity index is 480. The van der Waals surface area contributed by atoms with Crippen LogP contribution in [0.4, 0.5) is 0 Å². The van der Waals surface area contributed by atoms with Gasteiger partial charge in [-0.2, -0.15) is 0 Å². The molecule has 0 bridgehead atoms. The number of primary amides is 1. The Kier molecular flexibility index (Phi) is 15.6. The van der Waals surface area contributed by atoms with Crippen LogP contribution < -0.4 is 11.1 Å². The van der Waals surface area contributed by atoms with E-state index in [9.17, 15) is 24.0 Å². The number of carbonyl (C=O) groups excluding carboxylic acids is 5. The maximum Gasteiger partial charge on any atom is 0.321 e. The maximum atomic E-state index is 11.0. The van der Waals surface area contributed by atoms with Gasteiger partial charge < -0.3 is 15.9 Å². The monoisotopic (exact) mass is 392 g/mol. The van der Waals surface area contributed by atoms with Gasteiger partial charge in [-0.3, -0.25) is 28.9 Å². The number of amides is 4. The number of hydroxylamine groups is 2. The molecule has 1 atom stereocenters. The van der Waals surface area contributed by atoms with Crippen molar-refractivity contribution in [3.05, 3.63) is 0 Å². The number of nitrogens with two attached hydrogens (primary N) is 1. The van der Waals surface area contributed by atoms with Gasteiger partial charge in [0.25, 0.3) is 11.8 Å². The molecule has 10 nitrogen and oxygen atoms in total. The van der Waals surface area contributed by atoms with Gasteiger partial charge in [0.1, 0.15) is 0 Å². The lowest BCUT2D eigenvalue weighted by Gasteiger charge is -2.20. The average molecular weight is 392 g/mol. The van der Waals surface area contributed by atoms with Crippen molar-refractivity contribution < 1.29 is 28.8 Å². The number of hydrogen-bond acceptors (Lipinski definition) is 7. The molecule has 0 aromatic carbocycles. The number of unbranched alkanes of at least 4 members (excludes halogenated alkanes) is 1. The summed E-state index contributed by atoms with van der Waals surface area (Å²) >= 11 is 0. The Labute approximate surface area is 160 Å². The van der Waals surface area contributed by atoms with E-state index in [1.54, 1.807) is 0 Å². The third kappa shape index (κ3) is 12.5. The zero-order valence-corrected chi connectivity index (χ0v) is 16.8. The molecule has 1 fully saturated rings. The molecule has 1 aliphatic heterocycles. The normalized spacial score (nSPS) is 13.8. The lowest BCUT2D eigenvalue weighted by Crippen LogP contribution is -2.40. The van der Waals surface area contributed by atoms with Gasteiger partial charge in [-0.1, -0.05) is 13.8 Å². The summed E-state index contributed by atoms with van der Waals surface area (Å²) in [5.74, 6) is -1.23. The van der Waals surface area contributed by atoms with Crippen LogP contribution >= 0.6 is 0 Å². The molecule has 0 aromatic rings. The standard InChI is InChI=1S/C10H21N3O2.C5H5NO4.C2H6/c1-8(14)12-7-5-4-6-9(10(11)15)13(2)3;7-3-10-6-4(8)1-2-5(6)9;1-2/h9H,4-7H2,1-3H3,(H2,11,15)(H,12,14);3H,1-2H2;1-2H3/i11+1;3+1;1+1,2+1. The van der Waals surface area contributed by atoms with E-state index in [-0.39, 0.29) is 37.2 Å². The SMILES string of the molecule is CC(=O)NCCCCC(C([15NH2])=O)N(C)C.O=[13CH]ON1C(=O)CCC1=O.[13CH3][13CH3]. The van der Waals surface area contributed by atoms with Crippen molar-refractivity contribution in [1.82, 2.24) is 15.3 Å². The molecule has 1 rings (SSSR count). The lowest BCUT2D eigenvalue weighted by molar-refractivity contribution is -0.188. The summed E-state index contributed by atoms with van der Waals surface area (Å²) in [7, 11) is 3.67. The molecule has 4 amide bonds. The Morgan fingerprint density at radius 2 is 1.74 bits per heavy atom. The third-order valence-corrected chi connectivity index (χ3v) is 3.38. The molecule has 0 aromatic heterocycles. The molecule has 3 N–H and O–H groups in total. The first kappa shape index (κ1) is 26.7. The van der Waals surface area contributed by atoms with Gasteiger partial charge in [-0.25, -0.2) is 0 Å². The summed E-state index contributed by atoms with van der Waals surface area (Å²) < 4.78 is 0. The van der Waals surface area contributed by atoms with Crippen LogP contribution in [0.5, 0.6) is 0 Å². The van der Waals surface area contributed by atoms with E-state index >= 15 is 0 Å². The van der Waals surface area contributed by atoms with E-state index in [0.29, 0.717) is 11.6 Å². The Morgan fingerprint density at radius 3 is 2.11 bits per heavy atom. The fourth-order valence-electron chi connectivity index (χ4n) is 2.10. The van der Waals surface area contributed by atoms with Crippen LogP contribution in [0, 0.1) is 0 Å². The van der Waals surface area contributed by atoms with E-state index in [0.717, 1.165) is 19.3 Å². The second-order valence-corrected chi connectivity index (χ2v) is 5.64. The topological polar surface area (TPSA) is 139 Å². The van der Waals surface area contributed by atoms with E-state index in [1.807, 2.05) is 32.8 Å². The van der Waals surface area contributed by atoms with Crippen LogP contribution in [0.15, 0.2) is 0 Å². The Balaban J connectivity index is 0. The van der Waals surface area contributed by atoms with Gasteiger partial charge in [-0.05, 0) is 33.4 Å². The molecule has 1 saturated heterocycles. The van der Waals surface area contributed by atoms with Crippen LogP contribution in [0.3, 0.4) is 0 Å². The molecule has 10 heteroatoms. The summed E-state index contributed by atoms with van der Waals surface area (Å²) in [6, 6.07) is -0.206. The molecule has 0 radical (unpaired) electrons. The lowest BCUT2D eigenvalue weighted by atomic mass is 10.1. The van der Waals surface area contributed by atoms with Gasteiger partial charge in [0, 0.05) is 26.3 Å². The van der Waals surface area contributed by atoms with Crippen molar-refractivity contribution in [2.24, 2.45) is 5.73 Å². The molecular weight excluding hydrogens is 360 g/mol. The fourth-order valence-corrected chi connectivity index (χ4v) is 2.10. The summed E-state index contributed by atoms with van der Waals surface area (Å²) in [4.78, 5) is 58.4. The molecule has 156 valence electrons. The van der Waals surface area contributed by atoms with Gasteiger partial charge in [0.2, 0.25) is 11.8 Å². The highest BCUT2D eigenvalue weighted by Crippen LogP contribution is 2.10. The smallest absolute Gasteiger partial charge is 0.321 e. The summed E-state index contributed by atoms with van der Waals surface area (Å²) in [6.07, 6.45) is 2.75. The maximum absolute atomic E-state index is 11.0. The van der Waals surface area contributed by atoms with Gasteiger partial charge >= 0.3 is 6.47 Å². The molecule has 1 aliphatic rings. The van der Waals surface area contributed by atoms with Crippen LogP contribution in [-0.2, 0) is 28.8 Å². The summed E-state index contributed by atoms with van der Waals surface area (Å²) in [5.41, 5.74) is 5.25. The highest BCUT2D eigenvalue weighted by molar-refractivity contribution is 6.01. The first-order valence-corrected chi connectivity index (χ1v) is 8.87. The highest BCUT2D eigenvalue weighted by Gasteiger charge is 2.30. The second-order valence-electron chi connectivity index (χ2n) is 5.64. The zero-order valence-electron chi connectivity index (χ0n) is 16.8. The molecule has 0 spiro atoms.